The maximum absolute atomic E-state index is 13.2. The van der Waals surface area contributed by atoms with Gasteiger partial charge in [0, 0.05) is 11.8 Å². The van der Waals surface area contributed by atoms with E-state index in [1.807, 2.05) is 6.92 Å². The van der Waals surface area contributed by atoms with Gasteiger partial charge in [-0.25, -0.2) is 8.78 Å². The summed E-state index contributed by atoms with van der Waals surface area (Å²) >= 11 is 0. The van der Waals surface area contributed by atoms with Crippen molar-refractivity contribution in [2.75, 3.05) is 17.2 Å². The first-order valence-electron chi connectivity index (χ1n) is 8.28. The molecule has 0 heterocycles. The zero-order chi connectivity index (χ0) is 18.7. The summed E-state index contributed by atoms with van der Waals surface area (Å²) in [6.07, 6.45) is 0.401. The Hall–Kier alpha value is -2.96. The number of hydrogen-bond donors (Lipinski definition) is 2. The van der Waals surface area contributed by atoms with Crippen molar-refractivity contribution in [1.29, 1.82) is 0 Å². The highest BCUT2D eigenvalue weighted by atomic mass is 19.2. The molecule has 2 atom stereocenters. The lowest BCUT2D eigenvalue weighted by molar-refractivity contribution is -0.122. The quantitative estimate of drug-likeness (QED) is 0.827. The smallest absolute Gasteiger partial charge is 0.228 e. The molecule has 2 aromatic rings. The highest BCUT2D eigenvalue weighted by Gasteiger charge is 2.48. The van der Waals surface area contributed by atoms with Crippen molar-refractivity contribution in [2.45, 2.75) is 13.3 Å². The first-order valence-corrected chi connectivity index (χ1v) is 8.28. The molecule has 0 spiro atoms. The third-order valence-corrected chi connectivity index (χ3v) is 4.10. The minimum atomic E-state index is -1.04. The number of halogens is 2. The minimum Gasteiger partial charge on any atom is -0.492 e. The van der Waals surface area contributed by atoms with Crippen molar-refractivity contribution in [3.05, 3.63) is 54.1 Å². The van der Waals surface area contributed by atoms with Crippen LogP contribution in [0, 0.1) is 23.5 Å². The SMILES string of the molecule is CCOc1ccccc1NC(=O)C1CC1C(=O)Nc1ccc(F)c(F)c1. The van der Waals surface area contributed by atoms with E-state index >= 15 is 0 Å². The highest BCUT2D eigenvalue weighted by molar-refractivity contribution is 6.03. The van der Waals surface area contributed by atoms with Crippen LogP contribution in [0.2, 0.25) is 0 Å². The maximum atomic E-state index is 13.2. The summed E-state index contributed by atoms with van der Waals surface area (Å²) in [5, 5.41) is 5.27. The van der Waals surface area contributed by atoms with Crippen LogP contribution in [0.3, 0.4) is 0 Å². The summed E-state index contributed by atoms with van der Waals surface area (Å²) in [5.74, 6) is -3.10. The molecule has 0 bridgehead atoms. The molecular weight excluding hydrogens is 342 g/mol. The number of amides is 2. The largest absolute Gasteiger partial charge is 0.492 e. The average Bonchev–Trinajstić information content (AvgIpc) is 3.41. The van der Waals surface area contributed by atoms with Gasteiger partial charge in [0.2, 0.25) is 11.8 Å². The van der Waals surface area contributed by atoms with E-state index in [9.17, 15) is 18.4 Å². The molecule has 7 heteroatoms. The summed E-state index contributed by atoms with van der Waals surface area (Å²) in [6.45, 7) is 2.31. The van der Waals surface area contributed by atoms with Gasteiger partial charge in [-0.15, -0.1) is 0 Å². The van der Waals surface area contributed by atoms with Crippen LogP contribution in [0.15, 0.2) is 42.5 Å². The summed E-state index contributed by atoms with van der Waals surface area (Å²) in [6, 6.07) is 10.2. The second-order valence-electron chi connectivity index (χ2n) is 5.99. The summed E-state index contributed by atoms with van der Waals surface area (Å²) in [4.78, 5) is 24.5. The van der Waals surface area contributed by atoms with Crippen molar-refractivity contribution in [1.82, 2.24) is 0 Å². The molecule has 2 N–H and O–H groups in total. The second-order valence-corrected chi connectivity index (χ2v) is 5.99. The number of hydrogen-bond acceptors (Lipinski definition) is 3. The van der Waals surface area contributed by atoms with Gasteiger partial charge in [-0.05, 0) is 37.6 Å². The Kier molecular flexibility index (Phi) is 5.16. The van der Waals surface area contributed by atoms with Gasteiger partial charge < -0.3 is 15.4 Å². The average molecular weight is 360 g/mol. The molecule has 2 aromatic carbocycles. The van der Waals surface area contributed by atoms with Crippen molar-refractivity contribution in [3.8, 4) is 5.75 Å². The molecule has 3 rings (SSSR count). The molecule has 136 valence electrons. The van der Waals surface area contributed by atoms with E-state index < -0.39 is 29.4 Å². The normalized spacial score (nSPS) is 18.1. The van der Waals surface area contributed by atoms with Gasteiger partial charge >= 0.3 is 0 Å². The van der Waals surface area contributed by atoms with Gasteiger partial charge in [0.1, 0.15) is 5.75 Å². The van der Waals surface area contributed by atoms with E-state index in [1.165, 1.54) is 6.07 Å². The third kappa shape index (κ3) is 3.99. The Morgan fingerprint density at radius 2 is 1.73 bits per heavy atom. The van der Waals surface area contributed by atoms with Crippen molar-refractivity contribution in [2.24, 2.45) is 11.8 Å². The molecule has 1 aliphatic rings. The Morgan fingerprint density at radius 3 is 2.42 bits per heavy atom. The van der Waals surface area contributed by atoms with Crippen molar-refractivity contribution < 1.29 is 23.1 Å². The zero-order valence-corrected chi connectivity index (χ0v) is 14.1. The lowest BCUT2D eigenvalue weighted by atomic mass is 10.2. The number of rotatable bonds is 6. The predicted octanol–water partition coefficient (Wildman–Crippen LogP) is 3.58. The Balaban J connectivity index is 1.58. The van der Waals surface area contributed by atoms with Crippen LogP contribution in [0.5, 0.6) is 5.75 Å². The summed E-state index contributed by atoms with van der Waals surface area (Å²) in [7, 11) is 0. The van der Waals surface area contributed by atoms with Crippen LogP contribution in [-0.2, 0) is 9.59 Å². The van der Waals surface area contributed by atoms with Crippen LogP contribution in [0.25, 0.3) is 0 Å². The molecule has 5 nitrogen and oxygen atoms in total. The number of nitrogens with one attached hydrogen (secondary N) is 2. The van der Waals surface area contributed by atoms with Crippen LogP contribution >= 0.6 is 0 Å². The first kappa shape index (κ1) is 17.8. The van der Waals surface area contributed by atoms with Gasteiger partial charge in [-0.3, -0.25) is 9.59 Å². The minimum absolute atomic E-state index is 0.154. The van der Waals surface area contributed by atoms with Gasteiger partial charge in [0.05, 0.1) is 24.1 Å². The van der Waals surface area contributed by atoms with E-state index in [1.54, 1.807) is 24.3 Å². The van der Waals surface area contributed by atoms with Gasteiger partial charge in [-0.1, -0.05) is 12.1 Å². The molecule has 1 saturated carbocycles. The molecular formula is C19H18F2N2O3. The molecule has 2 amide bonds. The topological polar surface area (TPSA) is 67.4 Å². The molecule has 1 fully saturated rings. The highest BCUT2D eigenvalue weighted by Crippen LogP contribution is 2.41. The van der Waals surface area contributed by atoms with Crippen LogP contribution < -0.4 is 15.4 Å². The number of carbonyl (C=O) groups excluding carboxylic acids is 2. The van der Waals surface area contributed by atoms with Crippen LogP contribution in [0.1, 0.15) is 13.3 Å². The fraction of sp³-hybridized carbons (Fsp3) is 0.263. The van der Waals surface area contributed by atoms with E-state index in [2.05, 4.69) is 10.6 Å². The van der Waals surface area contributed by atoms with E-state index in [4.69, 9.17) is 4.74 Å². The monoisotopic (exact) mass is 360 g/mol. The van der Waals surface area contributed by atoms with Crippen LogP contribution in [0.4, 0.5) is 20.2 Å². The van der Waals surface area contributed by atoms with Gasteiger partial charge in [0.25, 0.3) is 0 Å². The molecule has 0 saturated heterocycles. The molecule has 0 aromatic heterocycles. The number of para-hydroxylation sites is 2. The Labute approximate surface area is 149 Å². The van der Waals surface area contributed by atoms with E-state index in [-0.39, 0.29) is 11.6 Å². The van der Waals surface area contributed by atoms with E-state index in [0.29, 0.717) is 24.5 Å². The van der Waals surface area contributed by atoms with Crippen molar-refractivity contribution >= 4 is 23.2 Å². The predicted molar refractivity (Wildman–Crippen MR) is 92.8 cm³/mol. The fourth-order valence-corrected chi connectivity index (χ4v) is 2.66. The second kappa shape index (κ2) is 7.51. The third-order valence-electron chi connectivity index (χ3n) is 4.10. The number of anilines is 2. The zero-order valence-electron chi connectivity index (χ0n) is 14.1. The summed E-state index contributed by atoms with van der Waals surface area (Å²) < 4.78 is 31.6. The van der Waals surface area contributed by atoms with Gasteiger partial charge in [-0.2, -0.15) is 0 Å². The number of ether oxygens (including phenoxy) is 1. The standard InChI is InChI=1S/C19H18F2N2O3/c1-2-26-17-6-4-3-5-16(17)23-19(25)13-10-12(13)18(24)22-11-7-8-14(20)15(21)9-11/h3-9,12-13H,2,10H2,1H3,(H,22,24)(H,23,25). The number of carbonyl (C=O) groups is 2. The Morgan fingerprint density at radius 1 is 1.04 bits per heavy atom. The lowest BCUT2D eigenvalue weighted by Crippen LogP contribution is -2.21. The molecule has 0 aliphatic heterocycles. The molecule has 26 heavy (non-hydrogen) atoms. The Bertz CT molecular complexity index is 841. The number of benzene rings is 2. The molecule has 2 unspecified atom stereocenters. The van der Waals surface area contributed by atoms with Gasteiger partial charge in [0.15, 0.2) is 11.6 Å². The first-order chi connectivity index (χ1) is 12.5. The molecule has 1 aliphatic carbocycles. The summed E-state index contributed by atoms with van der Waals surface area (Å²) in [5.41, 5.74) is 0.702. The van der Waals surface area contributed by atoms with Crippen LogP contribution in [-0.4, -0.2) is 18.4 Å². The maximum Gasteiger partial charge on any atom is 0.228 e. The fourth-order valence-electron chi connectivity index (χ4n) is 2.66. The molecule has 0 radical (unpaired) electrons. The van der Waals surface area contributed by atoms with E-state index in [0.717, 1.165) is 12.1 Å². The lowest BCUT2D eigenvalue weighted by Gasteiger charge is -2.11. The van der Waals surface area contributed by atoms with Crippen molar-refractivity contribution in [3.63, 3.8) is 0 Å².